The van der Waals surface area contributed by atoms with Crippen LogP contribution in [0.5, 0.6) is 0 Å². The van der Waals surface area contributed by atoms with Crippen molar-refractivity contribution in [2.75, 3.05) is 33.4 Å². The number of rotatable bonds is 5. The van der Waals surface area contributed by atoms with E-state index in [9.17, 15) is 4.79 Å². The van der Waals surface area contributed by atoms with Gasteiger partial charge in [-0.25, -0.2) is 5.48 Å². The van der Waals surface area contributed by atoms with Gasteiger partial charge in [-0.15, -0.1) is 0 Å². The number of hydroxylamine groups is 1. The third-order valence-corrected chi connectivity index (χ3v) is 2.23. The summed E-state index contributed by atoms with van der Waals surface area (Å²) in [7, 11) is 1.59. The zero-order valence-corrected chi connectivity index (χ0v) is 8.54. The molecule has 5 nitrogen and oxygen atoms in total. The molecule has 0 spiro atoms. The maximum absolute atomic E-state index is 11.4. The second-order valence-electron chi connectivity index (χ2n) is 3.35. The Bertz CT molecular complexity index is 169. The monoisotopic (exact) mass is 202 g/mol. The first-order chi connectivity index (χ1) is 6.84. The minimum Gasteiger partial charge on any atom is -0.382 e. The molecular weight excluding hydrogens is 184 g/mol. The Morgan fingerprint density at radius 2 is 2.43 bits per heavy atom. The summed E-state index contributed by atoms with van der Waals surface area (Å²) in [5.74, 6) is 0.0135. The number of methoxy groups -OCH3 is 1. The highest BCUT2D eigenvalue weighted by molar-refractivity contribution is 5.77. The van der Waals surface area contributed by atoms with Crippen molar-refractivity contribution >= 4 is 5.91 Å². The number of hydrogen-bond donors (Lipinski definition) is 2. The lowest BCUT2D eigenvalue weighted by Gasteiger charge is -2.21. The zero-order valence-electron chi connectivity index (χ0n) is 8.54. The van der Waals surface area contributed by atoms with E-state index in [1.807, 2.05) is 0 Å². The van der Waals surface area contributed by atoms with E-state index in [4.69, 9.17) is 9.57 Å². The van der Waals surface area contributed by atoms with Crippen molar-refractivity contribution in [3.63, 3.8) is 0 Å². The van der Waals surface area contributed by atoms with E-state index < -0.39 is 0 Å². The van der Waals surface area contributed by atoms with Gasteiger partial charge in [0.2, 0.25) is 5.91 Å². The van der Waals surface area contributed by atoms with Gasteiger partial charge in [0.25, 0.3) is 0 Å². The molecule has 0 bridgehead atoms. The highest BCUT2D eigenvalue weighted by atomic mass is 16.7. The van der Waals surface area contributed by atoms with E-state index in [0.29, 0.717) is 13.2 Å². The highest BCUT2D eigenvalue weighted by Gasteiger charge is 2.20. The van der Waals surface area contributed by atoms with Gasteiger partial charge in [-0.2, -0.15) is 0 Å². The molecule has 0 saturated carbocycles. The van der Waals surface area contributed by atoms with Crippen molar-refractivity contribution in [1.82, 2.24) is 10.8 Å². The van der Waals surface area contributed by atoms with Gasteiger partial charge in [-0.3, -0.25) is 9.63 Å². The molecule has 0 aromatic heterocycles. The SMILES string of the molecule is COCCONC(=O)[C@H]1CCCNC1. The lowest BCUT2D eigenvalue weighted by molar-refractivity contribution is -0.139. The molecule has 1 rings (SSSR count). The first-order valence-electron chi connectivity index (χ1n) is 4.96. The van der Waals surface area contributed by atoms with Gasteiger partial charge < -0.3 is 10.1 Å². The number of piperidine rings is 1. The van der Waals surface area contributed by atoms with Crippen LogP contribution in [0, 0.1) is 5.92 Å². The molecule has 14 heavy (non-hydrogen) atoms. The molecule has 1 aliphatic rings. The third-order valence-electron chi connectivity index (χ3n) is 2.23. The standard InChI is InChI=1S/C9H18N2O3/c1-13-5-6-14-11-9(12)8-3-2-4-10-7-8/h8,10H,2-7H2,1H3,(H,11,12)/t8-/m0/s1. The van der Waals surface area contributed by atoms with Gasteiger partial charge in [0.15, 0.2) is 0 Å². The average Bonchev–Trinajstić information content (AvgIpc) is 2.25. The van der Waals surface area contributed by atoms with Crippen LogP contribution in [0.3, 0.4) is 0 Å². The largest absolute Gasteiger partial charge is 0.382 e. The van der Waals surface area contributed by atoms with Crippen molar-refractivity contribution in [2.45, 2.75) is 12.8 Å². The van der Waals surface area contributed by atoms with Gasteiger partial charge >= 0.3 is 0 Å². The first-order valence-corrected chi connectivity index (χ1v) is 4.96. The molecule has 1 aliphatic heterocycles. The van der Waals surface area contributed by atoms with Crippen LogP contribution in [0.2, 0.25) is 0 Å². The van der Waals surface area contributed by atoms with Crippen molar-refractivity contribution < 1.29 is 14.4 Å². The van der Waals surface area contributed by atoms with Crippen molar-refractivity contribution in [3.05, 3.63) is 0 Å². The molecule has 1 heterocycles. The molecule has 1 fully saturated rings. The fourth-order valence-corrected chi connectivity index (χ4v) is 1.41. The normalized spacial score (nSPS) is 21.9. The van der Waals surface area contributed by atoms with E-state index in [2.05, 4.69) is 10.8 Å². The second-order valence-corrected chi connectivity index (χ2v) is 3.35. The fraction of sp³-hybridized carbons (Fsp3) is 0.889. The van der Waals surface area contributed by atoms with Gasteiger partial charge in [0, 0.05) is 13.7 Å². The number of hydrogen-bond acceptors (Lipinski definition) is 4. The number of carbonyl (C=O) groups is 1. The molecule has 1 atom stereocenters. The molecule has 2 N–H and O–H groups in total. The summed E-state index contributed by atoms with van der Waals surface area (Å²) in [6.07, 6.45) is 1.99. The summed E-state index contributed by atoms with van der Waals surface area (Å²) >= 11 is 0. The topological polar surface area (TPSA) is 59.6 Å². The van der Waals surface area contributed by atoms with Crippen LogP contribution in [0.1, 0.15) is 12.8 Å². The summed E-state index contributed by atoms with van der Waals surface area (Å²) in [4.78, 5) is 16.4. The third kappa shape index (κ3) is 4.04. The van der Waals surface area contributed by atoms with Crippen LogP contribution < -0.4 is 10.8 Å². The number of ether oxygens (including phenoxy) is 1. The molecule has 0 radical (unpaired) electrons. The summed E-state index contributed by atoms with van der Waals surface area (Å²) in [5.41, 5.74) is 2.43. The maximum atomic E-state index is 11.4. The average molecular weight is 202 g/mol. The Labute approximate surface area is 84.1 Å². The van der Waals surface area contributed by atoms with Gasteiger partial charge in [-0.1, -0.05) is 0 Å². The predicted molar refractivity (Wildman–Crippen MR) is 51.6 cm³/mol. The molecule has 0 aliphatic carbocycles. The fourth-order valence-electron chi connectivity index (χ4n) is 1.41. The Hall–Kier alpha value is -0.650. The molecule has 0 aromatic carbocycles. The summed E-state index contributed by atoms with van der Waals surface area (Å²) < 4.78 is 4.78. The minimum atomic E-state index is -0.0340. The van der Waals surface area contributed by atoms with Gasteiger partial charge in [-0.05, 0) is 19.4 Å². The molecule has 1 amide bonds. The molecule has 0 aromatic rings. The first kappa shape index (κ1) is 11.4. The maximum Gasteiger partial charge on any atom is 0.247 e. The smallest absolute Gasteiger partial charge is 0.247 e. The molecule has 0 unspecified atom stereocenters. The van der Waals surface area contributed by atoms with Crippen LogP contribution in [0.25, 0.3) is 0 Å². The Kier molecular flexibility index (Phi) is 5.51. The van der Waals surface area contributed by atoms with Crippen molar-refractivity contribution in [1.29, 1.82) is 0 Å². The number of nitrogens with one attached hydrogen (secondary N) is 2. The quantitative estimate of drug-likeness (QED) is 0.474. The van der Waals surface area contributed by atoms with Crippen LogP contribution in [0.15, 0.2) is 0 Å². The number of amides is 1. The van der Waals surface area contributed by atoms with Crippen molar-refractivity contribution in [2.24, 2.45) is 5.92 Å². The summed E-state index contributed by atoms with van der Waals surface area (Å²) in [6.45, 7) is 2.64. The second kappa shape index (κ2) is 6.75. The van der Waals surface area contributed by atoms with Gasteiger partial charge in [0.1, 0.15) is 0 Å². The zero-order chi connectivity index (χ0) is 10.2. The van der Waals surface area contributed by atoms with Crippen LogP contribution >= 0.6 is 0 Å². The van der Waals surface area contributed by atoms with E-state index in [1.54, 1.807) is 7.11 Å². The van der Waals surface area contributed by atoms with Gasteiger partial charge in [0.05, 0.1) is 19.1 Å². The molecular formula is C9H18N2O3. The lowest BCUT2D eigenvalue weighted by Crippen LogP contribution is -2.40. The summed E-state index contributed by atoms with van der Waals surface area (Å²) in [5, 5.41) is 3.18. The van der Waals surface area contributed by atoms with Crippen LogP contribution in [0.4, 0.5) is 0 Å². The molecule has 1 saturated heterocycles. The lowest BCUT2D eigenvalue weighted by atomic mass is 9.99. The number of carbonyl (C=O) groups excluding carboxylic acids is 1. The van der Waals surface area contributed by atoms with Crippen LogP contribution in [-0.2, 0) is 14.4 Å². The van der Waals surface area contributed by atoms with E-state index in [1.165, 1.54) is 0 Å². The Balaban J connectivity index is 2.07. The predicted octanol–water partition coefficient (Wildman–Crippen LogP) is -0.320. The van der Waals surface area contributed by atoms with E-state index >= 15 is 0 Å². The highest BCUT2D eigenvalue weighted by Crippen LogP contribution is 2.09. The Morgan fingerprint density at radius 1 is 1.57 bits per heavy atom. The molecule has 5 heteroatoms. The van der Waals surface area contributed by atoms with Crippen molar-refractivity contribution in [3.8, 4) is 0 Å². The van der Waals surface area contributed by atoms with E-state index in [-0.39, 0.29) is 11.8 Å². The molecule has 82 valence electrons. The van der Waals surface area contributed by atoms with E-state index in [0.717, 1.165) is 25.9 Å². The summed E-state index contributed by atoms with van der Waals surface area (Å²) in [6, 6.07) is 0. The Morgan fingerprint density at radius 3 is 3.07 bits per heavy atom. The minimum absolute atomic E-state index is 0.0340. The van der Waals surface area contributed by atoms with Crippen LogP contribution in [-0.4, -0.2) is 39.3 Å².